The van der Waals surface area contributed by atoms with E-state index in [1.165, 1.54) is 11.8 Å². The third-order valence-corrected chi connectivity index (χ3v) is 3.43. The smallest absolute Gasteiger partial charge is 0.181 e. The van der Waals surface area contributed by atoms with E-state index in [4.69, 9.17) is 0 Å². The maximum absolute atomic E-state index is 4.19. The molecule has 0 aliphatic heterocycles. The minimum absolute atomic E-state index is 0.937. The standard InChI is InChI=1S/C7H8N4S2/c1-5-9-10-7(12-5)13-6-8-3-4-11(6)2/h3-4H,1-2H3. The van der Waals surface area contributed by atoms with Gasteiger partial charge in [-0.2, -0.15) is 0 Å². The fraction of sp³-hybridized carbons (Fsp3) is 0.286. The zero-order valence-corrected chi connectivity index (χ0v) is 8.89. The zero-order chi connectivity index (χ0) is 9.26. The van der Waals surface area contributed by atoms with E-state index in [1.54, 1.807) is 17.5 Å². The van der Waals surface area contributed by atoms with Gasteiger partial charge >= 0.3 is 0 Å². The Balaban J connectivity index is 2.19. The molecule has 0 N–H and O–H groups in total. The Morgan fingerprint density at radius 2 is 2.31 bits per heavy atom. The molecule has 68 valence electrons. The third-order valence-electron chi connectivity index (χ3n) is 1.46. The van der Waals surface area contributed by atoms with Gasteiger partial charge in [0, 0.05) is 19.4 Å². The zero-order valence-electron chi connectivity index (χ0n) is 7.26. The second-order valence-corrected chi connectivity index (χ2v) is 4.91. The van der Waals surface area contributed by atoms with Gasteiger partial charge in [-0.25, -0.2) is 4.98 Å². The SMILES string of the molecule is Cc1nnc(Sc2nccn2C)s1. The van der Waals surface area contributed by atoms with Crippen LogP contribution in [0.4, 0.5) is 0 Å². The number of aromatic nitrogens is 4. The van der Waals surface area contributed by atoms with Crippen molar-refractivity contribution in [3.8, 4) is 0 Å². The van der Waals surface area contributed by atoms with E-state index in [0.717, 1.165) is 14.5 Å². The van der Waals surface area contributed by atoms with Crippen molar-refractivity contribution in [3.05, 3.63) is 17.4 Å². The number of rotatable bonds is 2. The lowest BCUT2D eigenvalue weighted by molar-refractivity contribution is 0.789. The quantitative estimate of drug-likeness (QED) is 0.760. The van der Waals surface area contributed by atoms with Crippen LogP contribution in [0.25, 0.3) is 0 Å². The van der Waals surface area contributed by atoms with Gasteiger partial charge in [0.2, 0.25) is 0 Å². The van der Waals surface area contributed by atoms with E-state index in [-0.39, 0.29) is 0 Å². The molecule has 0 atom stereocenters. The highest BCUT2D eigenvalue weighted by atomic mass is 32.2. The molecule has 0 amide bonds. The molecule has 13 heavy (non-hydrogen) atoms. The summed E-state index contributed by atoms with van der Waals surface area (Å²) in [4.78, 5) is 4.19. The normalized spacial score (nSPS) is 10.6. The van der Waals surface area contributed by atoms with Crippen molar-refractivity contribution < 1.29 is 0 Å². The van der Waals surface area contributed by atoms with Gasteiger partial charge in [0.15, 0.2) is 9.50 Å². The first kappa shape index (κ1) is 8.71. The van der Waals surface area contributed by atoms with Crippen LogP contribution in [0.5, 0.6) is 0 Å². The molecule has 0 bridgehead atoms. The van der Waals surface area contributed by atoms with Crippen molar-refractivity contribution in [3.63, 3.8) is 0 Å². The van der Waals surface area contributed by atoms with Gasteiger partial charge in [-0.15, -0.1) is 10.2 Å². The molecular formula is C7H8N4S2. The van der Waals surface area contributed by atoms with Crippen molar-refractivity contribution in [1.29, 1.82) is 0 Å². The van der Waals surface area contributed by atoms with Crippen LogP contribution in [-0.2, 0) is 7.05 Å². The Labute approximate surface area is 84.0 Å². The highest BCUT2D eigenvalue weighted by Crippen LogP contribution is 2.27. The summed E-state index contributed by atoms with van der Waals surface area (Å²) in [5.74, 6) is 0. The molecule has 2 aromatic heterocycles. The number of nitrogens with zero attached hydrogens (tertiary/aromatic N) is 4. The molecule has 0 saturated heterocycles. The van der Waals surface area contributed by atoms with E-state index < -0.39 is 0 Å². The second kappa shape index (κ2) is 3.47. The van der Waals surface area contributed by atoms with Gasteiger partial charge in [-0.05, 0) is 18.7 Å². The second-order valence-electron chi connectivity index (χ2n) is 2.51. The molecule has 4 nitrogen and oxygen atoms in total. The largest absolute Gasteiger partial charge is 0.329 e. The van der Waals surface area contributed by atoms with E-state index >= 15 is 0 Å². The van der Waals surface area contributed by atoms with Crippen molar-refractivity contribution in [2.24, 2.45) is 7.05 Å². The average molecular weight is 212 g/mol. The van der Waals surface area contributed by atoms with Crippen LogP contribution < -0.4 is 0 Å². The molecule has 0 aliphatic carbocycles. The number of aryl methyl sites for hydroxylation is 2. The third kappa shape index (κ3) is 1.89. The highest BCUT2D eigenvalue weighted by Gasteiger charge is 2.06. The van der Waals surface area contributed by atoms with E-state index in [9.17, 15) is 0 Å². The predicted molar refractivity (Wildman–Crippen MR) is 52.0 cm³/mol. The first-order chi connectivity index (χ1) is 6.25. The minimum Gasteiger partial charge on any atom is -0.329 e. The van der Waals surface area contributed by atoms with Crippen LogP contribution in [0.15, 0.2) is 21.9 Å². The Hall–Kier alpha value is -0.880. The number of hydrogen-bond donors (Lipinski definition) is 0. The maximum Gasteiger partial charge on any atom is 0.181 e. The van der Waals surface area contributed by atoms with Crippen LogP contribution in [0.2, 0.25) is 0 Å². The Bertz CT molecular complexity index is 406. The summed E-state index contributed by atoms with van der Waals surface area (Å²) in [6.07, 6.45) is 3.69. The molecule has 0 spiro atoms. The monoisotopic (exact) mass is 212 g/mol. The summed E-state index contributed by atoms with van der Waals surface area (Å²) >= 11 is 3.12. The maximum atomic E-state index is 4.19. The van der Waals surface area contributed by atoms with Gasteiger partial charge in [0.05, 0.1) is 0 Å². The first-order valence-electron chi connectivity index (χ1n) is 3.71. The summed E-state index contributed by atoms with van der Waals surface area (Å²) in [7, 11) is 1.96. The molecule has 2 rings (SSSR count). The predicted octanol–water partition coefficient (Wildman–Crippen LogP) is 1.73. The highest BCUT2D eigenvalue weighted by molar-refractivity contribution is 8.00. The Kier molecular flexibility index (Phi) is 2.32. The van der Waals surface area contributed by atoms with Crippen LogP contribution >= 0.6 is 23.1 Å². The van der Waals surface area contributed by atoms with Crippen molar-refractivity contribution in [2.45, 2.75) is 16.4 Å². The van der Waals surface area contributed by atoms with Gasteiger partial charge in [0.1, 0.15) is 5.01 Å². The molecule has 0 unspecified atom stereocenters. The summed E-state index contributed by atoms with van der Waals surface area (Å²) in [6.45, 7) is 1.94. The molecular weight excluding hydrogens is 204 g/mol. The van der Waals surface area contributed by atoms with E-state index in [1.807, 2.05) is 24.7 Å². The Morgan fingerprint density at radius 3 is 2.85 bits per heavy atom. The van der Waals surface area contributed by atoms with E-state index in [0.29, 0.717) is 0 Å². The van der Waals surface area contributed by atoms with Crippen LogP contribution in [-0.4, -0.2) is 19.7 Å². The Morgan fingerprint density at radius 1 is 1.46 bits per heavy atom. The molecule has 0 aliphatic rings. The summed E-state index contributed by atoms with van der Waals surface area (Å²) in [5.41, 5.74) is 0. The molecule has 0 radical (unpaired) electrons. The minimum atomic E-state index is 0.937. The topological polar surface area (TPSA) is 43.6 Å². The van der Waals surface area contributed by atoms with Gasteiger partial charge in [-0.1, -0.05) is 11.3 Å². The van der Waals surface area contributed by atoms with Crippen molar-refractivity contribution in [2.75, 3.05) is 0 Å². The molecule has 0 aromatic carbocycles. The number of hydrogen-bond acceptors (Lipinski definition) is 5. The molecule has 6 heteroatoms. The molecule has 0 fully saturated rings. The average Bonchev–Trinajstić information content (AvgIpc) is 2.64. The lowest BCUT2D eigenvalue weighted by atomic mass is 10.9. The van der Waals surface area contributed by atoms with Gasteiger partial charge < -0.3 is 4.57 Å². The fourth-order valence-corrected chi connectivity index (χ4v) is 2.57. The molecule has 2 heterocycles. The summed E-state index contributed by atoms with van der Waals surface area (Å²) in [6, 6.07) is 0. The molecule has 0 saturated carbocycles. The lowest BCUT2D eigenvalue weighted by Crippen LogP contribution is -1.87. The van der Waals surface area contributed by atoms with Crippen LogP contribution in [0, 0.1) is 6.92 Å². The van der Waals surface area contributed by atoms with Gasteiger partial charge in [-0.3, -0.25) is 0 Å². The fourth-order valence-electron chi connectivity index (χ4n) is 0.848. The van der Waals surface area contributed by atoms with Crippen LogP contribution in [0.1, 0.15) is 5.01 Å². The van der Waals surface area contributed by atoms with Crippen molar-refractivity contribution in [1.82, 2.24) is 19.7 Å². The van der Waals surface area contributed by atoms with Crippen LogP contribution in [0.3, 0.4) is 0 Å². The number of imidazole rings is 1. The summed E-state index contributed by atoms with van der Waals surface area (Å²) < 4.78 is 2.90. The first-order valence-corrected chi connectivity index (χ1v) is 5.34. The van der Waals surface area contributed by atoms with Gasteiger partial charge in [0.25, 0.3) is 0 Å². The van der Waals surface area contributed by atoms with Crippen molar-refractivity contribution >= 4 is 23.1 Å². The lowest BCUT2D eigenvalue weighted by Gasteiger charge is -1.95. The summed E-state index contributed by atoms with van der Waals surface area (Å²) in [5, 5.41) is 9.87. The van der Waals surface area contributed by atoms with E-state index in [2.05, 4.69) is 15.2 Å². The molecule has 2 aromatic rings.